The maximum atomic E-state index is 13.8. The van der Waals surface area contributed by atoms with Crippen LogP contribution in [-0.4, -0.2) is 32.0 Å². The molecule has 1 atom stereocenters. The highest BCUT2D eigenvalue weighted by molar-refractivity contribution is 5.98. The van der Waals surface area contributed by atoms with Gasteiger partial charge >= 0.3 is 6.18 Å². The minimum Gasteiger partial charge on any atom is -0.508 e. The van der Waals surface area contributed by atoms with Gasteiger partial charge in [0.05, 0.1) is 30.5 Å². The topological polar surface area (TPSA) is 71.2 Å². The van der Waals surface area contributed by atoms with Gasteiger partial charge in [0.1, 0.15) is 12.3 Å². The smallest absolute Gasteiger partial charge is 0.408 e. The van der Waals surface area contributed by atoms with Gasteiger partial charge in [0.25, 0.3) is 0 Å². The third-order valence-electron chi connectivity index (χ3n) is 6.09. The molecule has 1 unspecified atom stereocenters. The Kier molecular flexibility index (Phi) is 6.63. The molecule has 3 aromatic rings. The third-order valence-corrected chi connectivity index (χ3v) is 6.09. The normalized spacial score (nSPS) is 15.9. The second-order valence-corrected chi connectivity index (χ2v) is 8.97. The summed E-state index contributed by atoms with van der Waals surface area (Å²) in [5.74, 6) is -0.259. The number of aromatic nitrogens is 3. The summed E-state index contributed by atoms with van der Waals surface area (Å²) in [6.07, 6.45) is 1.97. The van der Waals surface area contributed by atoms with Crippen molar-refractivity contribution in [2.45, 2.75) is 64.2 Å². The molecule has 34 heavy (non-hydrogen) atoms. The Morgan fingerprint density at radius 3 is 2.71 bits per heavy atom. The molecular weight excluding hydrogens is 445 g/mol. The Hall–Kier alpha value is -3.36. The standard InChI is InChI=1S/C25H27F3N4O2/c1-16(2)22-10-9-18(12-29-22)32(14-17-11-30-31(13-17)15-25(26,27)28)24(34)21-7-3-6-20-19(21)5-4-8-23(20)33/h4-5,8-13,16,21,33H,3,6-7,14-15H2,1-2H3. The number of hydrogen-bond acceptors (Lipinski definition) is 4. The van der Waals surface area contributed by atoms with E-state index in [0.29, 0.717) is 24.1 Å². The molecule has 9 heteroatoms. The number of alkyl halides is 3. The first-order valence-electron chi connectivity index (χ1n) is 11.3. The average molecular weight is 473 g/mol. The van der Waals surface area contributed by atoms with Crippen LogP contribution in [0.4, 0.5) is 18.9 Å². The summed E-state index contributed by atoms with van der Waals surface area (Å²) >= 11 is 0. The van der Waals surface area contributed by atoms with Crippen molar-refractivity contribution < 1.29 is 23.1 Å². The van der Waals surface area contributed by atoms with Gasteiger partial charge in [-0.25, -0.2) is 0 Å². The van der Waals surface area contributed by atoms with E-state index in [1.165, 1.54) is 12.4 Å². The van der Waals surface area contributed by atoms with E-state index >= 15 is 0 Å². The molecule has 0 bridgehead atoms. The van der Waals surface area contributed by atoms with E-state index in [2.05, 4.69) is 10.1 Å². The van der Waals surface area contributed by atoms with E-state index < -0.39 is 18.6 Å². The molecule has 2 heterocycles. The number of fused-ring (bicyclic) bond motifs is 1. The monoisotopic (exact) mass is 472 g/mol. The number of pyridine rings is 1. The summed E-state index contributed by atoms with van der Waals surface area (Å²) in [7, 11) is 0. The van der Waals surface area contributed by atoms with Crippen molar-refractivity contribution in [1.82, 2.24) is 14.8 Å². The summed E-state index contributed by atoms with van der Waals surface area (Å²) in [4.78, 5) is 19.9. The van der Waals surface area contributed by atoms with Crippen molar-refractivity contribution in [3.8, 4) is 5.75 Å². The molecule has 0 fully saturated rings. The summed E-state index contributed by atoms with van der Waals surface area (Å²) in [6.45, 7) is 2.90. The molecule has 1 aromatic carbocycles. The number of amides is 1. The first kappa shape index (κ1) is 23.8. The number of nitrogens with zero attached hydrogens (tertiary/aromatic N) is 4. The molecule has 0 saturated carbocycles. The Bertz CT molecular complexity index is 1160. The molecule has 1 aliphatic rings. The molecule has 6 nitrogen and oxygen atoms in total. The number of halogens is 3. The highest BCUT2D eigenvalue weighted by Gasteiger charge is 2.33. The Labute approximate surface area is 196 Å². The SMILES string of the molecule is CC(C)c1ccc(N(Cc2cnn(CC(F)(F)F)c2)C(=O)C2CCCc3c(O)cccc32)cn1. The van der Waals surface area contributed by atoms with E-state index in [1.54, 1.807) is 23.2 Å². The lowest BCUT2D eigenvalue weighted by Crippen LogP contribution is -2.36. The first-order valence-corrected chi connectivity index (χ1v) is 11.3. The minimum atomic E-state index is -4.39. The Balaban J connectivity index is 1.67. The number of rotatable bonds is 6. The maximum absolute atomic E-state index is 13.8. The predicted molar refractivity (Wildman–Crippen MR) is 122 cm³/mol. The van der Waals surface area contributed by atoms with Gasteiger partial charge < -0.3 is 10.0 Å². The summed E-state index contributed by atoms with van der Waals surface area (Å²) < 4.78 is 39.1. The van der Waals surface area contributed by atoms with Crippen molar-refractivity contribution in [3.63, 3.8) is 0 Å². The fraction of sp³-hybridized carbons (Fsp3) is 0.400. The molecule has 1 aliphatic carbocycles. The van der Waals surface area contributed by atoms with E-state index in [4.69, 9.17) is 0 Å². The van der Waals surface area contributed by atoms with Gasteiger partial charge in [-0.3, -0.25) is 14.5 Å². The van der Waals surface area contributed by atoms with Crippen molar-refractivity contribution in [1.29, 1.82) is 0 Å². The zero-order valence-corrected chi connectivity index (χ0v) is 19.1. The molecule has 180 valence electrons. The molecular formula is C25H27F3N4O2. The average Bonchev–Trinajstić information content (AvgIpc) is 3.22. The lowest BCUT2D eigenvalue weighted by molar-refractivity contribution is -0.142. The molecule has 1 N–H and O–H groups in total. The zero-order chi connectivity index (χ0) is 24.5. The summed E-state index contributed by atoms with van der Waals surface area (Å²) in [6, 6.07) is 8.87. The first-order chi connectivity index (χ1) is 16.1. The fourth-order valence-corrected chi connectivity index (χ4v) is 4.41. The van der Waals surface area contributed by atoms with Crippen LogP contribution in [0.3, 0.4) is 0 Å². The summed E-state index contributed by atoms with van der Waals surface area (Å²) in [5.41, 5.74) is 3.49. The van der Waals surface area contributed by atoms with Gasteiger partial charge in [0, 0.05) is 17.5 Å². The number of hydrogen-bond donors (Lipinski definition) is 1. The van der Waals surface area contributed by atoms with E-state index in [1.807, 2.05) is 32.0 Å². The second-order valence-electron chi connectivity index (χ2n) is 8.97. The predicted octanol–water partition coefficient (Wildman–Crippen LogP) is 5.32. The second kappa shape index (κ2) is 9.48. The van der Waals surface area contributed by atoms with Crippen molar-refractivity contribution in [3.05, 3.63) is 71.3 Å². The highest BCUT2D eigenvalue weighted by atomic mass is 19.4. The van der Waals surface area contributed by atoms with E-state index in [9.17, 15) is 23.1 Å². The van der Waals surface area contributed by atoms with Crippen LogP contribution >= 0.6 is 0 Å². The molecule has 0 aliphatic heterocycles. The van der Waals surface area contributed by atoms with Crippen LogP contribution in [0, 0.1) is 0 Å². The van der Waals surface area contributed by atoms with Gasteiger partial charge in [-0.1, -0.05) is 26.0 Å². The number of phenolic OH excluding ortho intramolecular Hbond substituents is 1. The Morgan fingerprint density at radius 1 is 1.24 bits per heavy atom. The van der Waals surface area contributed by atoms with E-state index in [0.717, 1.165) is 27.9 Å². The maximum Gasteiger partial charge on any atom is 0.408 e. The number of benzene rings is 1. The molecule has 0 spiro atoms. The number of carbonyl (C=O) groups is 1. The number of anilines is 1. The van der Waals surface area contributed by atoms with Gasteiger partial charge in [-0.05, 0) is 54.5 Å². The van der Waals surface area contributed by atoms with Crippen LogP contribution in [0.1, 0.15) is 60.9 Å². The minimum absolute atomic E-state index is 0.0596. The highest BCUT2D eigenvalue weighted by Crippen LogP contribution is 2.38. The number of carbonyl (C=O) groups excluding carboxylic acids is 1. The van der Waals surface area contributed by atoms with Crippen molar-refractivity contribution in [2.75, 3.05) is 4.90 Å². The van der Waals surface area contributed by atoms with E-state index in [-0.39, 0.29) is 24.1 Å². The van der Waals surface area contributed by atoms with Crippen molar-refractivity contribution in [2.24, 2.45) is 0 Å². The van der Waals surface area contributed by atoms with Crippen LogP contribution < -0.4 is 4.90 Å². The zero-order valence-electron chi connectivity index (χ0n) is 19.1. The van der Waals surface area contributed by atoms with Crippen molar-refractivity contribution >= 4 is 11.6 Å². The third kappa shape index (κ3) is 5.24. The van der Waals surface area contributed by atoms with Gasteiger partial charge in [0.15, 0.2) is 0 Å². The van der Waals surface area contributed by atoms with Gasteiger partial charge in [0.2, 0.25) is 5.91 Å². The Morgan fingerprint density at radius 2 is 2.03 bits per heavy atom. The fourth-order valence-electron chi connectivity index (χ4n) is 4.41. The largest absolute Gasteiger partial charge is 0.508 e. The van der Waals surface area contributed by atoms with Crippen LogP contribution in [0.25, 0.3) is 0 Å². The lowest BCUT2D eigenvalue weighted by Gasteiger charge is -2.31. The van der Waals surface area contributed by atoms with Crippen LogP contribution in [0.5, 0.6) is 5.75 Å². The quantitative estimate of drug-likeness (QED) is 0.527. The molecule has 1 amide bonds. The van der Waals surface area contributed by atoms with Crippen LogP contribution in [0.15, 0.2) is 48.9 Å². The molecule has 2 aromatic heterocycles. The van der Waals surface area contributed by atoms with Crippen LogP contribution in [-0.2, 0) is 24.3 Å². The molecule has 0 radical (unpaired) electrons. The summed E-state index contributed by atoms with van der Waals surface area (Å²) in [5, 5.41) is 14.1. The van der Waals surface area contributed by atoms with Gasteiger partial charge in [-0.2, -0.15) is 18.3 Å². The molecule has 4 rings (SSSR count). The molecule has 0 saturated heterocycles. The number of phenols is 1. The van der Waals surface area contributed by atoms with Crippen LogP contribution in [0.2, 0.25) is 0 Å². The number of aromatic hydroxyl groups is 1. The lowest BCUT2D eigenvalue weighted by atomic mass is 9.81. The van der Waals surface area contributed by atoms with Gasteiger partial charge in [-0.15, -0.1) is 0 Å².